The number of benzene rings is 2. The first kappa shape index (κ1) is 19.9. The van der Waals surface area contributed by atoms with E-state index in [9.17, 15) is 0 Å². The Morgan fingerprint density at radius 2 is 1.76 bits per heavy atom. The number of aryl methyl sites for hydroxylation is 1. The number of aromatic nitrogens is 2. The molecule has 2 atom stereocenters. The molecule has 2 heterocycles. The fraction of sp³-hybridized carbons (Fsp3) is 0.458. The van der Waals surface area contributed by atoms with Gasteiger partial charge in [-0.15, -0.1) is 5.10 Å². The van der Waals surface area contributed by atoms with Crippen LogP contribution in [-0.4, -0.2) is 53.1 Å². The van der Waals surface area contributed by atoms with E-state index >= 15 is 0 Å². The second-order valence-electron chi connectivity index (χ2n) is 8.14. The van der Waals surface area contributed by atoms with Crippen LogP contribution in [0.2, 0.25) is 0 Å². The standard InChI is InChI=1S/C24H31N3O2/c1-18-14-24(28-13-7-6-12-26-16-19(2)29-20(3)17-26)25-27(18)23-11-10-21-8-4-5-9-22(21)15-23/h4-5,8-11,14-15,19-20H,6-7,12-13,16-17H2,1-3H3/t19-,20+. The summed E-state index contributed by atoms with van der Waals surface area (Å²) in [6.45, 7) is 10.2. The van der Waals surface area contributed by atoms with Gasteiger partial charge in [0.1, 0.15) is 0 Å². The van der Waals surface area contributed by atoms with Crippen LogP contribution in [0.3, 0.4) is 0 Å². The number of unbranched alkanes of at least 4 members (excludes halogenated alkanes) is 1. The number of rotatable bonds is 7. The van der Waals surface area contributed by atoms with Gasteiger partial charge in [0.15, 0.2) is 0 Å². The molecule has 5 nitrogen and oxygen atoms in total. The molecule has 1 saturated heterocycles. The normalized spacial score (nSPS) is 20.2. The van der Waals surface area contributed by atoms with E-state index in [2.05, 4.69) is 73.2 Å². The molecule has 0 aliphatic carbocycles. The summed E-state index contributed by atoms with van der Waals surface area (Å²) in [6.07, 6.45) is 2.82. The molecule has 1 aromatic heterocycles. The molecule has 0 radical (unpaired) electrons. The van der Waals surface area contributed by atoms with Crippen molar-refractivity contribution in [3.63, 3.8) is 0 Å². The number of hydrogen-bond donors (Lipinski definition) is 0. The summed E-state index contributed by atoms with van der Waals surface area (Å²) in [7, 11) is 0. The number of morpholine rings is 1. The topological polar surface area (TPSA) is 39.5 Å². The van der Waals surface area contributed by atoms with Crippen LogP contribution < -0.4 is 4.74 Å². The molecule has 1 aliphatic rings. The van der Waals surface area contributed by atoms with Crippen molar-refractivity contribution in [1.29, 1.82) is 0 Å². The highest BCUT2D eigenvalue weighted by molar-refractivity contribution is 5.84. The predicted octanol–water partition coefficient (Wildman–Crippen LogP) is 4.60. The number of nitrogens with zero attached hydrogens (tertiary/aromatic N) is 3. The minimum Gasteiger partial charge on any atom is -0.477 e. The van der Waals surface area contributed by atoms with Gasteiger partial charge in [0, 0.05) is 24.8 Å². The van der Waals surface area contributed by atoms with Gasteiger partial charge in [0.25, 0.3) is 0 Å². The van der Waals surface area contributed by atoms with Gasteiger partial charge < -0.3 is 9.47 Å². The van der Waals surface area contributed by atoms with E-state index < -0.39 is 0 Å². The van der Waals surface area contributed by atoms with E-state index in [0.29, 0.717) is 24.7 Å². The summed E-state index contributed by atoms with van der Waals surface area (Å²) >= 11 is 0. The highest BCUT2D eigenvalue weighted by Crippen LogP contribution is 2.21. The van der Waals surface area contributed by atoms with Gasteiger partial charge in [0.2, 0.25) is 5.88 Å². The van der Waals surface area contributed by atoms with Crippen LogP contribution in [0.5, 0.6) is 5.88 Å². The SMILES string of the molecule is Cc1cc(OCCCCN2C[C@@H](C)O[C@@H](C)C2)nn1-c1ccc2ccccc2c1. The van der Waals surface area contributed by atoms with Gasteiger partial charge >= 0.3 is 0 Å². The van der Waals surface area contributed by atoms with Crippen LogP contribution in [-0.2, 0) is 4.74 Å². The van der Waals surface area contributed by atoms with E-state index in [1.165, 1.54) is 10.8 Å². The smallest absolute Gasteiger partial charge is 0.233 e. The second-order valence-corrected chi connectivity index (χ2v) is 8.14. The Kier molecular flexibility index (Phi) is 6.16. The molecule has 2 aromatic carbocycles. The van der Waals surface area contributed by atoms with Gasteiger partial charge in [0.05, 0.1) is 24.5 Å². The van der Waals surface area contributed by atoms with Gasteiger partial charge in [-0.3, -0.25) is 4.90 Å². The molecule has 0 spiro atoms. The van der Waals surface area contributed by atoms with Crippen LogP contribution in [0.25, 0.3) is 16.5 Å². The van der Waals surface area contributed by atoms with Crippen molar-refractivity contribution < 1.29 is 9.47 Å². The molecule has 0 bridgehead atoms. The average molecular weight is 394 g/mol. The summed E-state index contributed by atoms with van der Waals surface area (Å²) in [5, 5.41) is 7.12. The Morgan fingerprint density at radius 3 is 2.55 bits per heavy atom. The summed E-state index contributed by atoms with van der Waals surface area (Å²) in [6, 6.07) is 16.8. The highest BCUT2D eigenvalue weighted by Gasteiger charge is 2.21. The van der Waals surface area contributed by atoms with Crippen LogP contribution in [0.4, 0.5) is 0 Å². The number of ether oxygens (including phenoxy) is 2. The van der Waals surface area contributed by atoms with Crippen molar-refractivity contribution in [2.45, 2.75) is 45.8 Å². The molecule has 154 valence electrons. The van der Waals surface area contributed by atoms with Crippen molar-refractivity contribution in [3.05, 3.63) is 54.2 Å². The lowest BCUT2D eigenvalue weighted by atomic mass is 10.1. The number of hydrogen-bond acceptors (Lipinski definition) is 4. The fourth-order valence-corrected chi connectivity index (χ4v) is 4.17. The van der Waals surface area contributed by atoms with Crippen molar-refractivity contribution in [3.8, 4) is 11.6 Å². The summed E-state index contributed by atoms with van der Waals surface area (Å²) in [5.74, 6) is 0.698. The van der Waals surface area contributed by atoms with Gasteiger partial charge in [-0.05, 0) is 63.1 Å². The van der Waals surface area contributed by atoms with E-state index in [1.54, 1.807) is 0 Å². The van der Waals surface area contributed by atoms with Gasteiger partial charge in [-0.1, -0.05) is 30.3 Å². The Balaban J connectivity index is 1.29. The van der Waals surface area contributed by atoms with Crippen LogP contribution in [0, 0.1) is 6.92 Å². The lowest BCUT2D eigenvalue weighted by Crippen LogP contribution is -2.45. The molecule has 1 aliphatic heterocycles. The van der Waals surface area contributed by atoms with Crippen molar-refractivity contribution >= 4 is 10.8 Å². The minimum absolute atomic E-state index is 0.331. The summed E-state index contributed by atoms with van der Waals surface area (Å²) in [5.41, 5.74) is 2.14. The molecule has 5 heteroatoms. The molecule has 4 rings (SSSR count). The first-order valence-electron chi connectivity index (χ1n) is 10.6. The lowest BCUT2D eigenvalue weighted by molar-refractivity contribution is -0.0682. The molecule has 0 unspecified atom stereocenters. The zero-order valence-corrected chi connectivity index (χ0v) is 17.7. The van der Waals surface area contributed by atoms with Crippen molar-refractivity contribution in [1.82, 2.24) is 14.7 Å². The quantitative estimate of drug-likeness (QED) is 0.550. The maximum Gasteiger partial charge on any atom is 0.233 e. The summed E-state index contributed by atoms with van der Waals surface area (Å²) in [4.78, 5) is 2.50. The average Bonchev–Trinajstić information content (AvgIpc) is 3.07. The minimum atomic E-state index is 0.331. The van der Waals surface area contributed by atoms with Gasteiger partial charge in [-0.25, -0.2) is 4.68 Å². The Hall–Kier alpha value is -2.37. The largest absolute Gasteiger partial charge is 0.477 e. The molecular formula is C24H31N3O2. The summed E-state index contributed by atoms with van der Waals surface area (Å²) < 4.78 is 13.7. The fourth-order valence-electron chi connectivity index (χ4n) is 4.17. The van der Waals surface area contributed by atoms with Crippen LogP contribution in [0.15, 0.2) is 48.5 Å². The zero-order valence-electron chi connectivity index (χ0n) is 17.7. The Bertz CT molecular complexity index is 942. The molecule has 3 aromatic rings. The van der Waals surface area contributed by atoms with E-state index in [-0.39, 0.29) is 0 Å². The maximum atomic E-state index is 5.93. The lowest BCUT2D eigenvalue weighted by Gasteiger charge is -2.35. The third-order valence-corrected chi connectivity index (χ3v) is 5.46. The highest BCUT2D eigenvalue weighted by atomic mass is 16.5. The third kappa shape index (κ3) is 4.98. The van der Waals surface area contributed by atoms with Gasteiger partial charge in [-0.2, -0.15) is 0 Å². The molecular weight excluding hydrogens is 362 g/mol. The maximum absolute atomic E-state index is 5.93. The van der Waals surface area contributed by atoms with E-state index in [0.717, 1.165) is 43.9 Å². The van der Waals surface area contributed by atoms with E-state index in [4.69, 9.17) is 9.47 Å². The molecule has 29 heavy (non-hydrogen) atoms. The monoisotopic (exact) mass is 393 g/mol. The molecule has 0 amide bonds. The third-order valence-electron chi connectivity index (χ3n) is 5.46. The Labute approximate surface area is 173 Å². The van der Waals surface area contributed by atoms with Crippen LogP contribution >= 0.6 is 0 Å². The molecule has 0 N–H and O–H groups in total. The zero-order chi connectivity index (χ0) is 20.2. The number of fused-ring (bicyclic) bond motifs is 1. The molecule has 1 fully saturated rings. The van der Waals surface area contributed by atoms with Crippen LogP contribution in [0.1, 0.15) is 32.4 Å². The second kappa shape index (κ2) is 8.97. The first-order valence-corrected chi connectivity index (χ1v) is 10.6. The van der Waals surface area contributed by atoms with Crippen molar-refractivity contribution in [2.75, 3.05) is 26.2 Å². The Morgan fingerprint density at radius 1 is 1.00 bits per heavy atom. The van der Waals surface area contributed by atoms with Crippen molar-refractivity contribution in [2.24, 2.45) is 0 Å². The van der Waals surface area contributed by atoms with E-state index in [1.807, 2.05) is 10.7 Å². The predicted molar refractivity (Wildman–Crippen MR) is 117 cm³/mol. The first-order chi connectivity index (χ1) is 14.1. The molecule has 0 saturated carbocycles.